The number of aliphatic hydroxyl groups is 1. The van der Waals surface area contributed by atoms with Crippen molar-refractivity contribution in [1.82, 2.24) is 9.21 Å². The molecule has 2 saturated heterocycles. The summed E-state index contributed by atoms with van der Waals surface area (Å²) >= 11 is 12.8. The number of ether oxygens (including phenoxy) is 2. The molecule has 3 atom stereocenters. The van der Waals surface area contributed by atoms with Crippen molar-refractivity contribution in [2.75, 3.05) is 39.4 Å². The minimum atomic E-state index is -3.57. The zero-order valence-electron chi connectivity index (χ0n) is 18.0. The van der Waals surface area contributed by atoms with Gasteiger partial charge in [-0.05, 0) is 54.8 Å². The van der Waals surface area contributed by atoms with Gasteiger partial charge in [0.25, 0.3) is 0 Å². The third-order valence-corrected chi connectivity index (χ3v) is 9.09. The van der Waals surface area contributed by atoms with Crippen LogP contribution in [-0.2, 0) is 21.2 Å². The highest BCUT2D eigenvalue weighted by atomic mass is 35.5. The molecule has 0 bridgehead atoms. The summed E-state index contributed by atoms with van der Waals surface area (Å²) in [6, 6.07) is 10.2. The minimum absolute atomic E-state index is 0.00451. The van der Waals surface area contributed by atoms with Crippen LogP contribution in [0.1, 0.15) is 23.7 Å². The van der Waals surface area contributed by atoms with Crippen LogP contribution in [-0.4, -0.2) is 74.3 Å². The Morgan fingerprint density at radius 3 is 2.45 bits per heavy atom. The Balaban J connectivity index is 1.40. The van der Waals surface area contributed by atoms with Crippen LogP contribution < -0.4 is 4.74 Å². The van der Waals surface area contributed by atoms with E-state index in [1.54, 1.807) is 30.3 Å². The molecule has 178 valence electrons. The van der Waals surface area contributed by atoms with Crippen LogP contribution in [0.25, 0.3) is 0 Å². The van der Waals surface area contributed by atoms with Crippen molar-refractivity contribution in [3.05, 3.63) is 57.6 Å². The molecule has 3 aliphatic rings. The number of nitrogens with zero attached hydrogens (tertiary/aromatic N) is 2. The molecule has 10 heteroatoms. The Morgan fingerprint density at radius 1 is 1.06 bits per heavy atom. The Bertz CT molecular complexity index is 1120. The van der Waals surface area contributed by atoms with Gasteiger partial charge in [-0.15, -0.1) is 0 Å². The maximum atomic E-state index is 12.9. The van der Waals surface area contributed by atoms with E-state index in [1.807, 2.05) is 6.07 Å². The molecule has 0 radical (unpaired) electrons. The van der Waals surface area contributed by atoms with Crippen molar-refractivity contribution in [2.45, 2.75) is 36.0 Å². The number of halogens is 2. The number of β-amino-alcohol motifs (C(OH)–C–C–N with tert-alkyl or cyclic N) is 1. The second-order valence-corrected chi connectivity index (χ2v) is 11.5. The molecule has 2 aliphatic heterocycles. The lowest BCUT2D eigenvalue weighted by atomic mass is 10.1. The fourth-order valence-corrected chi connectivity index (χ4v) is 6.92. The standard InChI is InChI=1S/C23H26Cl2N2O5S/c24-15-11-20-19(21(25)12-15)13-22(26-6-5-16(28)14-26)23(20)32-17-1-3-18(4-2-17)33(29,30)27-7-9-31-10-8-27/h1-4,11-12,16,22-23,28H,5-10,13-14H2/t16-,22+,23+/m1/s1. The van der Waals surface area contributed by atoms with Crippen molar-refractivity contribution in [3.8, 4) is 5.75 Å². The first-order valence-corrected chi connectivity index (χ1v) is 13.3. The van der Waals surface area contributed by atoms with Crippen LogP contribution in [0.4, 0.5) is 0 Å². The first-order valence-electron chi connectivity index (χ1n) is 11.1. The number of hydrogen-bond acceptors (Lipinski definition) is 6. The van der Waals surface area contributed by atoms with E-state index in [1.165, 1.54) is 4.31 Å². The van der Waals surface area contributed by atoms with E-state index >= 15 is 0 Å². The molecular formula is C23H26Cl2N2O5S. The summed E-state index contributed by atoms with van der Waals surface area (Å²) < 4.78 is 38.9. The first-order chi connectivity index (χ1) is 15.8. The molecular weight excluding hydrogens is 487 g/mol. The van der Waals surface area contributed by atoms with E-state index < -0.39 is 10.0 Å². The van der Waals surface area contributed by atoms with Crippen molar-refractivity contribution < 1.29 is 23.0 Å². The van der Waals surface area contributed by atoms with E-state index in [0.29, 0.717) is 55.1 Å². The summed E-state index contributed by atoms with van der Waals surface area (Å²) in [5.74, 6) is 0.564. The quantitative estimate of drug-likeness (QED) is 0.662. The third-order valence-electron chi connectivity index (χ3n) is 6.62. The zero-order valence-corrected chi connectivity index (χ0v) is 20.3. The van der Waals surface area contributed by atoms with Crippen LogP contribution in [0.2, 0.25) is 10.0 Å². The van der Waals surface area contributed by atoms with Gasteiger partial charge in [-0.3, -0.25) is 4.90 Å². The Labute approximate surface area is 203 Å². The molecule has 7 nitrogen and oxygen atoms in total. The summed E-state index contributed by atoms with van der Waals surface area (Å²) in [6.45, 7) is 2.87. The van der Waals surface area contributed by atoms with E-state index in [9.17, 15) is 13.5 Å². The van der Waals surface area contributed by atoms with Crippen molar-refractivity contribution in [1.29, 1.82) is 0 Å². The van der Waals surface area contributed by atoms with Gasteiger partial charge in [-0.2, -0.15) is 4.31 Å². The molecule has 1 N–H and O–H groups in total. The van der Waals surface area contributed by atoms with Crippen LogP contribution in [0.15, 0.2) is 41.3 Å². The number of fused-ring (bicyclic) bond motifs is 1. The Morgan fingerprint density at radius 2 is 1.79 bits per heavy atom. The van der Waals surface area contributed by atoms with Gasteiger partial charge < -0.3 is 14.6 Å². The fourth-order valence-electron chi connectivity index (χ4n) is 4.92. The fraction of sp³-hybridized carbons (Fsp3) is 0.478. The van der Waals surface area contributed by atoms with E-state index in [2.05, 4.69) is 4.90 Å². The average Bonchev–Trinajstić information content (AvgIpc) is 3.39. The maximum Gasteiger partial charge on any atom is 0.243 e. The van der Waals surface area contributed by atoms with Crippen LogP contribution in [0.5, 0.6) is 5.75 Å². The summed E-state index contributed by atoms with van der Waals surface area (Å²) in [7, 11) is -3.57. The topological polar surface area (TPSA) is 79.3 Å². The summed E-state index contributed by atoms with van der Waals surface area (Å²) in [5.41, 5.74) is 1.94. The van der Waals surface area contributed by atoms with Gasteiger partial charge in [0.2, 0.25) is 10.0 Å². The smallest absolute Gasteiger partial charge is 0.243 e. The maximum absolute atomic E-state index is 12.9. The minimum Gasteiger partial charge on any atom is -0.484 e. The van der Waals surface area contributed by atoms with Gasteiger partial charge in [0.05, 0.1) is 30.3 Å². The summed E-state index contributed by atoms with van der Waals surface area (Å²) in [5, 5.41) is 11.2. The van der Waals surface area contributed by atoms with Crippen molar-refractivity contribution in [2.24, 2.45) is 0 Å². The highest BCUT2D eigenvalue weighted by Gasteiger charge is 2.41. The second-order valence-electron chi connectivity index (χ2n) is 8.69. The first kappa shape index (κ1) is 23.4. The molecule has 0 spiro atoms. The van der Waals surface area contributed by atoms with Gasteiger partial charge in [0, 0.05) is 41.8 Å². The number of aliphatic hydroxyl groups excluding tert-OH is 1. The Hall–Kier alpha value is -1.39. The lowest BCUT2D eigenvalue weighted by Crippen LogP contribution is -2.40. The number of hydrogen-bond donors (Lipinski definition) is 1. The molecule has 0 unspecified atom stereocenters. The van der Waals surface area contributed by atoms with Crippen LogP contribution in [0, 0.1) is 0 Å². The molecule has 5 rings (SSSR count). The number of likely N-dealkylation sites (tertiary alicyclic amines) is 1. The Kier molecular flexibility index (Phi) is 6.61. The summed E-state index contributed by atoms with van der Waals surface area (Å²) in [6.07, 6.45) is 0.746. The molecule has 0 amide bonds. The normalized spacial score (nSPS) is 26.5. The molecule has 2 fully saturated rings. The van der Waals surface area contributed by atoms with Crippen molar-refractivity contribution in [3.63, 3.8) is 0 Å². The largest absolute Gasteiger partial charge is 0.484 e. The van der Waals surface area contributed by atoms with Gasteiger partial charge in [-0.1, -0.05) is 23.2 Å². The lowest BCUT2D eigenvalue weighted by Gasteiger charge is -2.30. The molecule has 2 aromatic carbocycles. The van der Waals surface area contributed by atoms with Crippen LogP contribution in [0.3, 0.4) is 0 Å². The van der Waals surface area contributed by atoms with Crippen molar-refractivity contribution >= 4 is 33.2 Å². The SMILES string of the molecule is O=S(=O)(c1ccc(O[C@H]2c3cc(Cl)cc(Cl)c3C[C@@H]2N2CC[C@@H](O)C2)cc1)N1CCOCC1. The molecule has 2 aromatic rings. The molecule has 33 heavy (non-hydrogen) atoms. The highest BCUT2D eigenvalue weighted by Crippen LogP contribution is 2.43. The number of benzene rings is 2. The summed E-state index contributed by atoms with van der Waals surface area (Å²) in [4.78, 5) is 2.46. The molecule has 1 aliphatic carbocycles. The number of sulfonamides is 1. The second kappa shape index (κ2) is 9.34. The van der Waals surface area contributed by atoms with Gasteiger partial charge in [0.1, 0.15) is 11.9 Å². The zero-order chi connectivity index (χ0) is 23.2. The average molecular weight is 513 g/mol. The molecule has 0 aromatic heterocycles. The monoisotopic (exact) mass is 512 g/mol. The number of morpholine rings is 1. The number of rotatable bonds is 5. The third kappa shape index (κ3) is 4.62. The predicted octanol–water partition coefficient (Wildman–Crippen LogP) is 3.13. The van der Waals surface area contributed by atoms with Gasteiger partial charge in [0.15, 0.2) is 0 Å². The predicted molar refractivity (Wildman–Crippen MR) is 126 cm³/mol. The highest BCUT2D eigenvalue weighted by molar-refractivity contribution is 7.89. The van der Waals surface area contributed by atoms with Gasteiger partial charge in [-0.25, -0.2) is 8.42 Å². The van der Waals surface area contributed by atoms with E-state index in [4.69, 9.17) is 32.7 Å². The molecule has 2 heterocycles. The van der Waals surface area contributed by atoms with E-state index in [-0.39, 0.29) is 23.1 Å². The van der Waals surface area contributed by atoms with Gasteiger partial charge >= 0.3 is 0 Å². The lowest BCUT2D eigenvalue weighted by molar-refractivity contribution is 0.0730. The van der Waals surface area contributed by atoms with Crippen LogP contribution >= 0.6 is 23.2 Å². The molecule has 0 saturated carbocycles. The van der Waals surface area contributed by atoms with E-state index in [0.717, 1.165) is 24.1 Å².